The van der Waals surface area contributed by atoms with E-state index in [0.717, 1.165) is 12.1 Å². The SMILES string of the molecule is O=C(NCc1ccccc1C(F)(F)F)NCC(F)(F)F. The number of carbonyl (C=O) groups excluding carboxylic acids is 1. The molecule has 0 bridgehead atoms. The van der Waals surface area contributed by atoms with Gasteiger partial charge in [-0.2, -0.15) is 26.3 Å². The number of nitrogens with one attached hydrogen (secondary N) is 2. The van der Waals surface area contributed by atoms with Gasteiger partial charge in [0.05, 0.1) is 5.56 Å². The van der Waals surface area contributed by atoms with Crippen molar-refractivity contribution in [3.8, 4) is 0 Å². The van der Waals surface area contributed by atoms with Crippen molar-refractivity contribution in [3.05, 3.63) is 35.4 Å². The van der Waals surface area contributed by atoms with Gasteiger partial charge in [-0.3, -0.25) is 0 Å². The Bertz CT molecular complexity index is 469. The second-order valence-corrected chi connectivity index (χ2v) is 3.81. The lowest BCUT2D eigenvalue weighted by molar-refractivity contribution is -0.138. The van der Waals surface area contributed by atoms with Crippen LogP contribution in [0, 0.1) is 0 Å². The lowest BCUT2D eigenvalue weighted by Gasteiger charge is -2.14. The third kappa shape index (κ3) is 5.37. The summed E-state index contributed by atoms with van der Waals surface area (Å²) in [6.45, 7) is -2.08. The van der Waals surface area contributed by atoms with E-state index in [1.165, 1.54) is 17.4 Å². The molecule has 0 aliphatic rings. The van der Waals surface area contributed by atoms with Crippen molar-refractivity contribution in [2.24, 2.45) is 0 Å². The molecule has 0 heterocycles. The fourth-order valence-electron chi connectivity index (χ4n) is 1.37. The Labute approximate surface area is 110 Å². The molecule has 0 aromatic heterocycles. The molecule has 0 fully saturated rings. The molecule has 0 unspecified atom stereocenters. The minimum Gasteiger partial charge on any atom is -0.334 e. The number of carbonyl (C=O) groups is 1. The Kier molecular flexibility index (Phi) is 4.85. The van der Waals surface area contributed by atoms with Crippen molar-refractivity contribution in [1.82, 2.24) is 10.6 Å². The van der Waals surface area contributed by atoms with E-state index < -0.39 is 37.0 Å². The van der Waals surface area contributed by atoms with Gasteiger partial charge in [0.25, 0.3) is 0 Å². The van der Waals surface area contributed by atoms with Gasteiger partial charge >= 0.3 is 18.4 Å². The van der Waals surface area contributed by atoms with Gasteiger partial charge in [0.1, 0.15) is 6.54 Å². The van der Waals surface area contributed by atoms with Gasteiger partial charge in [-0.1, -0.05) is 18.2 Å². The zero-order chi connectivity index (χ0) is 15.4. The standard InChI is InChI=1S/C11H10F6N2O/c12-10(13,14)6-19-9(20)18-5-7-3-1-2-4-8(7)11(15,16)17/h1-4H,5-6H2,(H2,18,19,20). The van der Waals surface area contributed by atoms with E-state index in [1.54, 1.807) is 0 Å². The highest BCUT2D eigenvalue weighted by Crippen LogP contribution is 2.31. The first kappa shape index (κ1) is 16.1. The number of urea groups is 1. The van der Waals surface area contributed by atoms with Gasteiger partial charge in [0.15, 0.2) is 0 Å². The normalized spacial score (nSPS) is 12.1. The van der Waals surface area contributed by atoms with Gasteiger partial charge in [-0.25, -0.2) is 4.79 Å². The molecular weight excluding hydrogens is 290 g/mol. The predicted molar refractivity (Wildman–Crippen MR) is 57.7 cm³/mol. The Hall–Kier alpha value is -1.93. The van der Waals surface area contributed by atoms with Gasteiger partial charge < -0.3 is 10.6 Å². The van der Waals surface area contributed by atoms with Gasteiger partial charge in [0.2, 0.25) is 0 Å². The second kappa shape index (κ2) is 6.02. The molecule has 1 aromatic carbocycles. The van der Waals surface area contributed by atoms with Gasteiger partial charge in [0, 0.05) is 6.54 Å². The molecule has 0 radical (unpaired) electrons. The summed E-state index contributed by atoms with van der Waals surface area (Å²) in [5, 5.41) is 3.43. The second-order valence-electron chi connectivity index (χ2n) is 3.81. The molecule has 0 atom stereocenters. The maximum Gasteiger partial charge on any atom is 0.416 e. The predicted octanol–water partition coefficient (Wildman–Crippen LogP) is 3.07. The Balaban J connectivity index is 2.60. The fraction of sp³-hybridized carbons (Fsp3) is 0.364. The molecule has 20 heavy (non-hydrogen) atoms. The highest BCUT2D eigenvalue weighted by Gasteiger charge is 2.33. The summed E-state index contributed by atoms with van der Waals surface area (Å²) in [6, 6.07) is 3.27. The fourth-order valence-corrected chi connectivity index (χ4v) is 1.37. The summed E-state index contributed by atoms with van der Waals surface area (Å²) in [5.74, 6) is 0. The molecule has 2 amide bonds. The van der Waals surface area contributed by atoms with Crippen molar-refractivity contribution in [3.63, 3.8) is 0 Å². The third-order valence-electron chi connectivity index (χ3n) is 2.21. The van der Waals surface area contributed by atoms with E-state index >= 15 is 0 Å². The minimum absolute atomic E-state index is 0.234. The van der Waals surface area contributed by atoms with Crippen LogP contribution in [-0.2, 0) is 12.7 Å². The molecule has 0 aliphatic heterocycles. The molecule has 1 aromatic rings. The van der Waals surface area contributed by atoms with Crippen LogP contribution >= 0.6 is 0 Å². The van der Waals surface area contributed by atoms with E-state index in [1.807, 2.05) is 5.32 Å². The van der Waals surface area contributed by atoms with E-state index in [0.29, 0.717) is 0 Å². The van der Waals surface area contributed by atoms with Crippen LogP contribution in [0.25, 0.3) is 0 Å². The molecular formula is C11H10F6N2O. The smallest absolute Gasteiger partial charge is 0.334 e. The number of benzene rings is 1. The van der Waals surface area contributed by atoms with Crippen molar-refractivity contribution in [1.29, 1.82) is 0 Å². The number of hydrogen-bond donors (Lipinski definition) is 2. The summed E-state index contributed by atoms with van der Waals surface area (Å²) >= 11 is 0. The third-order valence-corrected chi connectivity index (χ3v) is 2.21. The molecule has 9 heteroatoms. The van der Waals surface area contributed by atoms with Crippen LogP contribution in [-0.4, -0.2) is 18.8 Å². The minimum atomic E-state index is -4.60. The molecule has 1 rings (SSSR count). The molecule has 0 spiro atoms. The topological polar surface area (TPSA) is 41.1 Å². The monoisotopic (exact) mass is 300 g/mol. The largest absolute Gasteiger partial charge is 0.416 e. The quantitative estimate of drug-likeness (QED) is 0.828. The van der Waals surface area contributed by atoms with Crippen molar-refractivity contribution >= 4 is 6.03 Å². The zero-order valence-corrected chi connectivity index (χ0v) is 9.90. The number of hydrogen-bond acceptors (Lipinski definition) is 1. The first-order chi connectivity index (χ1) is 9.09. The summed E-state index contributed by atoms with van der Waals surface area (Å²) in [7, 11) is 0. The van der Waals surface area contributed by atoms with E-state index in [4.69, 9.17) is 0 Å². The van der Waals surface area contributed by atoms with Crippen LogP contribution < -0.4 is 10.6 Å². The molecule has 3 nitrogen and oxygen atoms in total. The maximum atomic E-state index is 12.6. The number of rotatable bonds is 3. The van der Waals surface area contributed by atoms with E-state index in [-0.39, 0.29) is 5.56 Å². The first-order valence-electron chi connectivity index (χ1n) is 5.33. The molecule has 0 saturated carbocycles. The summed E-state index contributed by atoms with van der Waals surface area (Å²) in [5.41, 5.74) is -1.18. The molecule has 0 saturated heterocycles. The van der Waals surface area contributed by atoms with Gasteiger partial charge in [-0.05, 0) is 11.6 Å². The molecule has 0 aliphatic carbocycles. The van der Waals surface area contributed by atoms with Crippen LogP contribution in [0.1, 0.15) is 11.1 Å². The number of halogens is 6. The summed E-state index contributed by atoms with van der Waals surface area (Å²) in [6.07, 6.45) is -9.18. The number of alkyl halides is 6. The van der Waals surface area contributed by atoms with Crippen LogP contribution in [0.3, 0.4) is 0 Å². The lowest BCUT2D eigenvalue weighted by atomic mass is 10.1. The summed E-state index contributed by atoms with van der Waals surface area (Å²) < 4.78 is 73.2. The highest BCUT2D eigenvalue weighted by atomic mass is 19.4. The zero-order valence-electron chi connectivity index (χ0n) is 9.90. The van der Waals surface area contributed by atoms with Crippen LogP contribution in [0.4, 0.5) is 31.1 Å². The average molecular weight is 300 g/mol. The van der Waals surface area contributed by atoms with Crippen LogP contribution in [0.2, 0.25) is 0 Å². The highest BCUT2D eigenvalue weighted by molar-refractivity contribution is 5.73. The van der Waals surface area contributed by atoms with Crippen molar-refractivity contribution in [2.45, 2.75) is 18.9 Å². The number of amides is 2. The van der Waals surface area contributed by atoms with E-state index in [2.05, 4.69) is 0 Å². The molecule has 2 N–H and O–H groups in total. The Morgan fingerprint density at radius 1 is 1.00 bits per heavy atom. The van der Waals surface area contributed by atoms with Crippen molar-refractivity contribution < 1.29 is 31.1 Å². The Morgan fingerprint density at radius 2 is 1.60 bits per heavy atom. The lowest BCUT2D eigenvalue weighted by Crippen LogP contribution is -2.40. The summed E-state index contributed by atoms with van der Waals surface area (Å²) in [4.78, 5) is 11.0. The maximum absolute atomic E-state index is 12.6. The van der Waals surface area contributed by atoms with Crippen molar-refractivity contribution in [2.75, 3.05) is 6.54 Å². The first-order valence-corrected chi connectivity index (χ1v) is 5.33. The van der Waals surface area contributed by atoms with Crippen LogP contribution in [0.5, 0.6) is 0 Å². The van der Waals surface area contributed by atoms with Gasteiger partial charge in [-0.15, -0.1) is 0 Å². The average Bonchev–Trinajstić information content (AvgIpc) is 2.32. The molecule has 112 valence electrons. The van der Waals surface area contributed by atoms with Crippen LogP contribution in [0.15, 0.2) is 24.3 Å². The van der Waals surface area contributed by atoms with E-state index in [9.17, 15) is 31.1 Å². The Morgan fingerprint density at radius 3 is 2.15 bits per heavy atom.